The van der Waals surface area contributed by atoms with Crippen LogP contribution in [-0.4, -0.2) is 30.5 Å². The fourth-order valence-electron chi connectivity index (χ4n) is 2.72. The van der Waals surface area contributed by atoms with Crippen molar-refractivity contribution in [1.82, 2.24) is 0 Å². The van der Waals surface area contributed by atoms with Crippen molar-refractivity contribution in [2.75, 3.05) is 34.8 Å². The maximum absolute atomic E-state index is 12.0. The van der Waals surface area contributed by atoms with Gasteiger partial charge in [0, 0.05) is 36.1 Å². The van der Waals surface area contributed by atoms with Crippen LogP contribution in [0.25, 0.3) is 0 Å². The molecule has 0 aliphatic carbocycles. The Balaban J connectivity index is 1.60. The van der Waals surface area contributed by atoms with Crippen LogP contribution in [0.1, 0.15) is 19.3 Å². The molecule has 0 aromatic heterocycles. The molecule has 2 heterocycles. The van der Waals surface area contributed by atoms with E-state index >= 15 is 0 Å². The summed E-state index contributed by atoms with van der Waals surface area (Å²) in [6.07, 6.45) is 3.60. The summed E-state index contributed by atoms with van der Waals surface area (Å²) in [5, 5.41) is 3.03. The summed E-state index contributed by atoms with van der Waals surface area (Å²) in [6.45, 7) is 2.32. The fourth-order valence-corrected chi connectivity index (χ4v) is 3.94. The molecule has 19 heavy (non-hydrogen) atoms. The second-order valence-electron chi connectivity index (χ2n) is 5.29. The van der Waals surface area contributed by atoms with Crippen LogP contribution in [0.4, 0.5) is 11.4 Å². The van der Waals surface area contributed by atoms with Gasteiger partial charge in [-0.15, -0.1) is 0 Å². The molecule has 2 fully saturated rings. The molecule has 1 aromatic carbocycles. The van der Waals surface area contributed by atoms with Crippen molar-refractivity contribution >= 4 is 29.0 Å². The molecule has 3 rings (SSSR count). The maximum atomic E-state index is 12.0. The van der Waals surface area contributed by atoms with Gasteiger partial charge in [-0.2, -0.15) is 11.8 Å². The molecule has 4 heteroatoms. The van der Waals surface area contributed by atoms with E-state index in [1.54, 1.807) is 0 Å². The standard InChI is InChI=1S/C15H20N2OS/c18-15(12-7-10-19-11-12)16-13-3-5-14(6-4-13)17-8-1-2-9-17/h3-6,12H,1-2,7-11H2,(H,16,18). The van der Waals surface area contributed by atoms with E-state index in [1.165, 1.54) is 18.5 Å². The zero-order chi connectivity index (χ0) is 13.1. The van der Waals surface area contributed by atoms with E-state index in [9.17, 15) is 4.79 Å². The first-order valence-electron chi connectivity index (χ1n) is 7.06. The van der Waals surface area contributed by atoms with Crippen molar-refractivity contribution in [3.63, 3.8) is 0 Å². The van der Waals surface area contributed by atoms with Crippen LogP contribution >= 0.6 is 11.8 Å². The number of carbonyl (C=O) groups excluding carboxylic acids is 1. The second kappa shape index (κ2) is 5.87. The van der Waals surface area contributed by atoms with Gasteiger partial charge in [-0.05, 0) is 49.3 Å². The Morgan fingerprint density at radius 2 is 1.95 bits per heavy atom. The van der Waals surface area contributed by atoms with Crippen molar-refractivity contribution in [2.45, 2.75) is 19.3 Å². The number of rotatable bonds is 3. The van der Waals surface area contributed by atoms with Crippen LogP contribution in [0.15, 0.2) is 24.3 Å². The predicted molar refractivity (Wildman–Crippen MR) is 82.0 cm³/mol. The highest BCUT2D eigenvalue weighted by atomic mass is 32.2. The van der Waals surface area contributed by atoms with Gasteiger partial charge >= 0.3 is 0 Å². The van der Waals surface area contributed by atoms with Gasteiger partial charge in [0.05, 0.1) is 0 Å². The highest BCUT2D eigenvalue weighted by molar-refractivity contribution is 7.99. The zero-order valence-electron chi connectivity index (χ0n) is 11.1. The average molecular weight is 276 g/mol. The van der Waals surface area contributed by atoms with Crippen LogP contribution in [0.5, 0.6) is 0 Å². The Labute approximate surface area is 118 Å². The van der Waals surface area contributed by atoms with Crippen molar-refractivity contribution in [3.8, 4) is 0 Å². The van der Waals surface area contributed by atoms with Crippen LogP contribution in [-0.2, 0) is 4.79 Å². The summed E-state index contributed by atoms with van der Waals surface area (Å²) in [5.74, 6) is 2.46. The lowest BCUT2D eigenvalue weighted by Gasteiger charge is -2.18. The molecular weight excluding hydrogens is 256 g/mol. The summed E-state index contributed by atoms with van der Waals surface area (Å²) in [5.41, 5.74) is 2.19. The van der Waals surface area contributed by atoms with E-state index in [0.29, 0.717) is 0 Å². The monoisotopic (exact) mass is 276 g/mol. The molecule has 3 nitrogen and oxygen atoms in total. The second-order valence-corrected chi connectivity index (χ2v) is 6.44. The van der Waals surface area contributed by atoms with E-state index in [2.05, 4.69) is 22.3 Å². The Morgan fingerprint density at radius 3 is 2.58 bits per heavy atom. The molecule has 2 aliphatic rings. The first-order chi connectivity index (χ1) is 9.33. The Hall–Kier alpha value is -1.16. The molecule has 0 radical (unpaired) electrons. The lowest BCUT2D eigenvalue weighted by molar-refractivity contribution is -0.119. The van der Waals surface area contributed by atoms with E-state index in [4.69, 9.17) is 0 Å². The minimum atomic E-state index is 0.180. The maximum Gasteiger partial charge on any atom is 0.228 e. The third-order valence-electron chi connectivity index (χ3n) is 3.91. The molecule has 1 N–H and O–H groups in total. The molecule has 1 atom stereocenters. The first kappa shape index (κ1) is 12.9. The number of hydrogen-bond acceptors (Lipinski definition) is 3. The average Bonchev–Trinajstić information content (AvgIpc) is 3.13. The number of thioether (sulfide) groups is 1. The fraction of sp³-hybridized carbons (Fsp3) is 0.533. The van der Waals surface area contributed by atoms with E-state index in [0.717, 1.165) is 36.7 Å². The Morgan fingerprint density at radius 1 is 1.21 bits per heavy atom. The smallest absolute Gasteiger partial charge is 0.228 e. The molecule has 0 spiro atoms. The molecule has 1 unspecified atom stereocenters. The van der Waals surface area contributed by atoms with Crippen molar-refractivity contribution in [1.29, 1.82) is 0 Å². The summed E-state index contributed by atoms with van der Waals surface area (Å²) < 4.78 is 0. The van der Waals surface area contributed by atoms with Crippen LogP contribution in [0.3, 0.4) is 0 Å². The highest BCUT2D eigenvalue weighted by Gasteiger charge is 2.23. The van der Waals surface area contributed by atoms with Crippen molar-refractivity contribution in [3.05, 3.63) is 24.3 Å². The van der Waals surface area contributed by atoms with E-state index in [-0.39, 0.29) is 11.8 Å². The predicted octanol–water partition coefficient (Wildman–Crippen LogP) is 2.98. The molecule has 102 valence electrons. The SMILES string of the molecule is O=C(Nc1ccc(N2CCCC2)cc1)C1CCSC1. The van der Waals surface area contributed by atoms with Crippen LogP contribution < -0.4 is 10.2 Å². The molecule has 1 amide bonds. The van der Waals surface area contributed by atoms with Crippen LogP contribution in [0, 0.1) is 5.92 Å². The minimum Gasteiger partial charge on any atom is -0.372 e. The molecule has 1 aromatic rings. The summed E-state index contributed by atoms with van der Waals surface area (Å²) >= 11 is 1.87. The highest BCUT2D eigenvalue weighted by Crippen LogP contribution is 2.26. The number of nitrogens with one attached hydrogen (secondary N) is 1. The van der Waals surface area contributed by atoms with Gasteiger partial charge in [-0.3, -0.25) is 4.79 Å². The van der Waals surface area contributed by atoms with E-state index < -0.39 is 0 Å². The van der Waals surface area contributed by atoms with Crippen molar-refractivity contribution < 1.29 is 4.79 Å². The zero-order valence-corrected chi connectivity index (χ0v) is 11.9. The summed E-state index contributed by atoms with van der Waals surface area (Å²) in [6, 6.07) is 8.27. The normalized spacial score (nSPS) is 22.7. The number of carbonyl (C=O) groups is 1. The quantitative estimate of drug-likeness (QED) is 0.921. The largest absolute Gasteiger partial charge is 0.372 e. The van der Waals surface area contributed by atoms with Gasteiger partial charge in [0.25, 0.3) is 0 Å². The van der Waals surface area contributed by atoms with Gasteiger partial charge in [0.1, 0.15) is 0 Å². The topological polar surface area (TPSA) is 32.3 Å². The third kappa shape index (κ3) is 3.06. The van der Waals surface area contributed by atoms with Gasteiger partial charge in [-0.1, -0.05) is 0 Å². The van der Waals surface area contributed by atoms with Gasteiger partial charge < -0.3 is 10.2 Å². The minimum absolute atomic E-state index is 0.180. The lowest BCUT2D eigenvalue weighted by atomic mass is 10.1. The lowest BCUT2D eigenvalue weighted by Crippen LogP contribution is -2.22. The number of amides is 1. The van der Waals surface area contributed by atoms with Gasteiger partial charge in [0.2, 0.25) is 5.91 Å². The molecule has 2 aliphatic heterocycles. The molecular formula is C15H20N2OS. The van der Waals surface area contributed by atoms with E-state index in [1.807, 2.05) is 23.9 Å². The summed E-state index contributed by atoms with van der Waals surface area (Å²) in [7, 11) is 0. The van der Waals surface area contributed by atoms with Crippen molar-refractivity contribution in [2.24, 2.45) is 5.92 Å². The van der Waals surface area contributed by atoms with Gasteiger partial charge in [0.15, 0.2) is 0 Å². The number of benzene rings is 1. The molecule has 2 saturated heterocycles. The first-order valence-corrected chi connectivity index (χ1v) is 8.22. The molecule has 0 bridgehead atoms. The van der Waals surface area contributed by atoms with Crippen LogP contribution in [0.2, 0.25) is 0 Å². The number of anilines is 2. The Bertz CT molecular complexity index is 434. The number of hydrogen-bond donors (Lipinski definition) is 1. The number of nitrogens with zero attached hydrogens (tertiary/aromatic N) is 1. The Kier molecular flexibility index (Phi) is 3.97. The summed E-state index contributed by atoms with van der Waals surface area (Å²) in [4.78, 5) is 14.4. The third-order valence-corrected chi connectivity index (χ3v) is 5.07. The molecule has 0 saturated carbocycles. The van der Waals surface area contributed by atoms with Gasteiger partial charge in [-0.25, -0.2) is 0 Å².